The molecule has 0 spiro atoms. The first-order valence-electron chi connectivity index (χ1n) is 6.21. The van der Waals surface area contributed by atoms with Crippen molar-refractivity contribution in [2.45, 2.75) is 31.3 Å². The third kappa shape index (κ3) is 3.36. The minimum atomic E-state index is -0.192. The summed E-state index contributed by atoms with van der Waals surface area (Å²) in [4.78, 5) is 0.658. The summed E-state index contributed by atoms with van der Waals surface area (Å²) in [6.45, 7) is 4.90. The van der Waals surface area contributed by atoms with E-state index in [1.54, 1.807) is 18.3 Å². The molecule has 0 aliphatic heterocycles. The Morgan fingerprint density at radius 1 is 1.42 bits per heavy atom. The highest BCUT2D eigenvalue weighted by Gasteiger charge is 2.10. The largest absolute Gasteiger partial charge is 0.310 e. The average molecular weight is 279 g/mol. The van der Waals surface area contributed by atoms with Crippen LogP contribution in [0.25, 0.3) is 11.3 Å². The number of rotatable bonds is 5. The Balaban J connectivity index is 2.27. The van der Waals surface area contributed by atoms with Crippen LogP contribution in [0, 0.1) is 5.82 Å². The number of thioether (sulfide) groups is 1. The molecular formula is C14H18FN3S. The predicted octanol–water partition coefficient (Wildman–Crippen LogP) is 3.44. The highest BCUT2D eigenvalue weighted by atomic mass is 32.2. The number of nitrogens with one attached hydrogen (secondary N) is 2. The van der Waals surface area contributed by atoms with Gasteiger partial charge < -0.3 is 5.32 Å². The van der Waals surface area contributed by atoms with Crippen LogP contribution in [0.2, 0.25) is 0 Å². The van der Waals surface area contributed by atoms with Crippen LogP contribution in [0.3, 0.4) is 0 Å². The molecular weight excluding hydrogens is 261 g/mol. The first kappa shape index (κ1) is 14.1. The van der Waals surface area contributed by atoms with Crippen LogP contribution < -0.4 is 5.32 Å². The maximum Gasteiger partial charge on any atom is 0.137 e. The molecule has 0 saturated carbocycles. The zero-order valence-electron chi connectivity index (χ0n) is 11.3. The minimum absolute atomic E-state index is 0.192. The van der Waals surface area contributed by atoms with E-state index < -0.39 is 0 Å². The molecule has 0 amide bonds. The topological polar surface area (TPSA) is 40.7 Å². The van der Waals surface area contributed by atoms with Crippen molar-refractivity contribution >= 4 is 11.8 Å². The van der Waals surface area contributed by atoms with Crippen LogP contribution in [0.15, 0.2) is 29.3 Å². The lowest BCUT2D eigenvalue weighted by Gasteiger charge is -2.09. The van der Waals surface area contributed by atoms with Crippen molar-refractivity contribution < 1.29 is 4.39 Å². The number of nitrogens with zero attached hydrogens (tertiary/aromatic N) is 1. The van der Waals surface area contributed by atoms with E-state index in [2.05, 4.69) is 29.4 Å². The Bertz CT molecular complexity index is 551. The zero-order chi connectivity index (χ0) is 13.8. The summed E-state index contributed by atoms with van der Waals surface area (Å²) in [6, 6.07) is 5.67. The molecule has 0 atom stereocenters. The highest BCUT2D eigenvalue weighted by Crippen LogP contribution is 2.26. The van der Waals surface area contributed by atoms with E-state index in [0.29, 0.717) is 10.9 Å². The normalized spacial score (nSPS) is 11.2. The van der Waals surface area contributed by atoms with Gasteiger partial charge in [0.2, 0.25) is 0 Å². The van der Waals surface area contributed by atoms with Crippen molar-refractivity contribution in [3.8, 4) is 11.3 Å². The minimum Gasteiger partial charge on any atom is -0.310 e. The second-order valence-corrected chi connectivity index (χ2v) is 5.50. The Morgan fingerprint density at radius 3 is 2.84 bits per heavy atom. The Morgan fingerprint density at radius 2 is 2.21 bits per heavy atom. The molecule has 0 fully saturated rings. The van der Waals surface area contributed by atoms with Gasteiger partial charge in [-0.15, -0.1) is 11.8 Å². The van der Waals surface area contributed by atoms with Gasteiger partial charge >= 0.3 is 0 Å². The predicted molar refractivity (Wildman–Crippen MR) is 77.7 cm³/mol. The van der Waals surface area contributed by atoms with E-state index in [-0.39, 0.29) is 5.82 Å². The van der Waals surface area contributed by atoms with Crippen LogP contribution in [-0.2, 0) is 6.54 Å². The van der Waals surface area contributed by atoms with Gasteiger partial charge in [0.15, 0.2) is 0 Å². The quantitative estimate of drug-likeness (QED) is 0.824. The van der Waals surface area contributed by atoms with Gasteiger partial charge in [0.05, 0.1) is 11.9 Å². The van der Waals surface area contributed by atoms with E-state index in [4.69, 9.17) is 0 Å². The Kier molecular flexibility index (Phi) is 4.61. The molecule has 0 bridgehead atoms. The standard InChI is InChI=1S/C14H18FN3S/c1-9(2)16-7-11-8-17-18-14(11)10-4-5-13(19-3)12(15)6-10/h4-6,8-9,16H,7H2,1-3H3,(H,17,18). The van der Waals surface area contributed by atoms with Gasteiger partial charge in [0.1, 0.15) is 5.82 Å². The molecule has 2 rings (SSSR count). The molecule has 0 unspecified atom stereocenters. The number of aromatic amines is 1. The highest BCUT2D eigenvalue weighted by molar-refractivity contribution is 7.98. The summed E-state index contributed by atoms with van der Waals surface area (Å²) in [6.07, 6.45) is 3.65. The number of benzene rings is 1. The maximum absolute atomic E-state index is 13.8. The summed E-state index contributed by atoms with van der Waals surface area (Å²) < 4.78 is 13.8. The van der Waals surface area contributed by atoms with Crippen LogP contribution in [0.4, 0.5) is 4.39 Å². The van der Waals surface area contributed by atoms with Crippen molar-refractivity contribution in [2.24, 2.45) is 0 Å². The maximum atomic E-state index is 13.8. The van der Waals surface area contributed by atoms with Gasteiger partial charge in [-0.3, -0.25) is 5.10 Å². The van der Waals surface area contributed by atoms with Crippen molar-refractivity contribution in [3.63, 3.8) is 0 Å². The monoisotopic (exact) mass is 279 g/mol. The van der Waals surface area contributed by atoms with Gasteiger partial charge in [-0.1, -0.05) is 19.9 Å². The summed E-state index contributed by atoms with van der Waals surface area (Å²) in [5, 5.41) is 10.3. The molecule has 1 aromatic carbocycles. The zero-order valence-corrected chi connectivity index (χ0v) is 12.1. The van der Waals surface area contributed by atoms with E-state index in [9.17, 15) is 4.39 Å². The molecule has 0 aliphatic rings. The fourth-order valence-electron chi connectivity index (χ4n) is 1.83. The first-order chi connectivity index (χ1) is 9.11. The molecule has 1 aromatic heterocycles. The Hall–Kier alpha value is -1.33. The lowest BCUT2D eigenvalue weighted by molar-refractivity contribution is 0.589. The first-order valence-corrected chi connectivity index (χ1v) is 7.44. The third-order valence-electron chi connectivity index (χ3n) is 2.86. The molecule has 102 valence electrons. The molecule has 2 aromatic rings. The number of hydrogen-bond donors (Lipinski definition) is 2. The summed E-state index contributed by atoms with van der Waals surface area (Å²) in [5.74, 6) is -0.192. The molecule has 0 aliphatic carbocycles. The van der Waals surface area contributed by atoms with E-state index in [0.717, 1.165) is 23.4 Å². The fraction of sp³-hybridized carbons (Fsp3) is 0.357. The number of hydrogen-bond acceptors (Lipinski definition) is 3. The van der Waals surface area contributed by atoms with E-state index in [1.165, 1.54) is 11.8 Å². The van der Waals surface area contributed by atoms with Crippen LogP contribution in [-0.4, -0.2) is 22.5 Å². The van der Waals surface area contributed by atoms with Crippen LogP contribution in [0.1, 0.15) is 19.4 Å². The fourth-order valence-corrected chi connectivity index (χ4v) is 2.29. The molecule has 5 heteroatoms. The average Bonchev–Trinajstić information content (AvgIpc) is 2.84. The lowest BCUT2D eigenvalue weighted by atomic mass is 10.1. The summed E-state index contributed by atoms with van der Waals surface area (Å²) in [5.41, 5.74) is 2.75. The SMILES string of the molecule is CSc1ccc(-c2[nH]ncc2CNC(C)C)cc1F. The molecule has 19 heavy (non-hydrogen) atoms. The van der Waals surface area contributed by atoms with Crippen LogP contribution >= 0.6 is 11.8 Å². The van der Waals surface area contributed by atoms with Crippen molar-refractivity contribution in [3.05, 3.63) is 35.8 Å². The van der Waals surface area contributed by atoms with E-state index in [1.807, 2.05) is 12.3 Å². The molecule has 0 saturated heterocycles. The molecule has 0 radical (unpaired) electrons. The van der Waals surface area contributed by atoms with Crippen molar-refractivity contribution in [1.29, 1.82) is 0 Å². The van der Waals surface area contributed by atoms with Gasteiger partial charge in [-0.25, -0.2) is 4.39 Å². The summed E-state index contributed by atoms with van der Waals surface area (Å²) >= 11 is 1.41. The lowest BCUT2D eigenvalue weighted by Crippen LogP contribution is -2.21. The molecule has 1 heterocycles. The van der Waals surface area contributed by atoms with Crippen molar-refractivity contribution in [1.82, 2.24) is 15.5 Å². The number of halogens is 1. The Labute approximate surface area is 117 Å². The van der Waals surface area contributed by atoms with Gasteiger partial charge in [-0.2, -0.15) is 5.10 Å². The summed E-state index contributed by atoms with van der Waals surface area (Å²) in [7, 11) is 0. The molecule has 2 N–H and O–H groups in total. The van der Waals surface area contributed by atoms with Gasteiger partial charge in [0.25, 0.3) is 0 Å². The second-order valence-electron chi connectivity index (χ2n) is 4.66. The van der Waals surface area contributed by atoms with Crippen LogP contribution in [0.5, 0.6) is 0 Å². The smallest absolute Gasteiger partial charge is 0.137 e. The van der Waals surface area contributed by atoms with E-state index >= 15 is 0 Å². The second kappa shape index (κ2) is 6.21. The van der Waals surface area contributed by atoms with Gasteiger partial charge in [0, 0.05) is 28.6 Å². The third-order valence-corrected chi connectivity index (χ3v) is 3.63. The molecule has 3 nitrogen and oxygen atoms in total. The van der Waals surface area contributed by atoms with Gasteiger partial charge in [-0.05, 0) is 18.4 Å². The number of H-pyrrole nitrogens is 1. The van der Waals surface area contributed by atoms with Crippen molar-refractivity contribution in [2.75, 3.05) is 6.26 Å². The number of aromatic nitrogens is 2.